The molecular weight excluding hydrogens is 222 g/mol. The SMILES string of the molecule is CCNc1nnc(-c2cncc(C#N)c2)s1. The number of nitriles is 1. The molecule has 16 heavy (non-hydrogen) atoms. The Hall–Kier alpha value is -2.00. The summed E-state index contributed by atoms with van der Waals surface area (Å²) in [6.07, 6.45) is 3.20. The Morgan fingerprint density at radius 2 is 2.31 bits per heavy atom. The van der Waals surface area contributed by atoms with Crippen LogP contribution in [0.2, 0.25) is 0 Å². The van der Waals surface area contributed by atoms with Gasteiger partial charge < -0.3 is 5.32 Å². The molecule has 0 aliphatic carbocycles. The summed E-state index contributed by atoms with van der Waals surface area (Å²) in [6.45, 7) is 2.81. The highest BCUT2D eigenvalue weighted by molar-refractivity contribution is 7.18. The zero-order valence-corrected chi connectivity index (χ0v) is 9.45. The second kappa shape index (κ2) is 4.68. The van der Waals surface area contributed by atoms with Gasteiger partial charge in [-0.1, -0.05) is 11.3 Å². The summed E-state index contributed by atoms with van der Waals surface area (Å²) in [5, 5.41) is 21.4. The largest absolute Gasteiger partial charge is 0.360 e. The van der Waals surface area contributed by atoms with Gasteiger partial charge in [-0.3, -0.25) is 4.98 Å². The second-order valence-electron chi connectivity index (χ2n) is 3.02. The Balaban J connectivity index is 2.32. The lowest BCUT2D eigenvalue weighted by molar-refractivity contribution is 1.07. The lowest BCUT2D eigenvalue weighted by Crippen LogP contribution is -1.94. The highest BCUT2D eigenvalue weighted by Crippen LogP contribution is 2.25. The number of hydrogen-bond donors (Lipinski definition) is 1. The molecule has 5 nitrogen and oxygen atoms in total. The molecule has 2 aromatic heterocycles. The first-order chi connectivity index (χ1) is 7.83. The molecule has 2 rings (SSSR count). The maximum atomic E-state index is 8.76. The number of pyridine rings is 1. The van der Waals surface area contributed by atoms with E-state index in [-0.39, 0.29) is 0 Å². The molecule has 80 valence electrons. The molecule has 0 saturated carbocycles. The molecule has 2 aromatic rings. The van der Waals surface area contributed by atoms with Crippen molar-refractivity contribution in [3.05, 3.63) is 24.0 Å². The summed E-state index contributed by atoms with van der Waals surface area (Å²) in [6, 6.07) is 3.80. The van der Waals surface area contributed by atoms with Crippen molar-refractivity contribution in [3.63, 3.8) is 0 Å². The maximum absolute atomic E-state index is 8.76. The molecule has 0 aliphatic heterocycles. The predicted molar refractivity (Wildman–Crippen MR) is 62.0 cm³/mol. The second-order valence-corrected chi connectivity index (χ2v) is 3.99. The number of nitrogens with zero attached hydrogens (tertiary/aromatic N) is 4. The average molecular weight is 231 g/mol. The van der Waals surface area contributed by atoms with Crippen molar-refractivity contribution >= 4 is 16.5 Å². The number of nitrogens with one attached hydrogen (secondary N) is 1. The van der Waals surface area contributed by atoms with Gasteiger partial charge in [0.05, 0.1) is 5.56 Å². The zero-order chi connectivity index (χ0) is 11.4. The first-order valence-corrected chi connectivity index (χ1v) is 5.58. The monoisotopic (exact) mass is 231 g/mol. The van der Waals surface area contributed by atoms with Gasteiger partial charge in [0.25, 0.3) is 0 Å². The molecule has 0 atom stereocenters. The highest BCUT2D eigenvalue weighted by atomic mass is 32.1. The summed E-state index contributed by atoms with van der Waals surface area (Å²) < 4.78 is 0. The van der Waals surface area contributed by atoms with Crippen molar-refractivity contribution in [1.82, 2.24) is 15.2 Å². The summed E-state index contributed by atoms with van der Waals surface area (Å²) in [7, 11) is 0. The third-order valence-corrected chi connectivity index (χ3v) is 2.80. The lowest BCUT2D eigenvalue weighted by atomic mass is 10.2. The van der Waals surface area contributed by atoms with Crippen LogP contribution in [-0.4, -0.2) is 21.7 Å². The van der Waals surface area contributed by atoms with Crippen molar-refractivity contribution in [1.29, 1.82) is 5.26 Å². The van der Waals surface area contributed by atoms with Crippen molar-refractivity contribution in [2.24, 2.45) is 0 Å². The Bertz CT molecular complexity index is 528. The van der Waals surface area contributed by atoms with Crippen LogP contribution in [0, 0.1) is 11.3 Å². The summed E-state index contributed by atoms with van der Waals surface area (Å²) >= 11 is 1.45. The fraction of sp³-hybridized carbons (Fsp3) is 0.200. The molecule has 0 unspecified atom stereocenters. The number of rotatable bonds is 3. The third-order valence-electron chi connectivity index (χ3n) is 1.87. The van der Waals surface area contributed by atoms with Crippen LogP contribution < -0.4 is 5.32 Å². The molecule has 0 aromatic carbocycles. The van der Waals surface area contributed by atoms with E-state index in [1.165, 1.54) is 17.5 Å². The normalized spacial score (nSPS) is 9.75. The predicted octanol–water partition coefficient (Wildman–Crippen LogP) is 1.90. The smallest absolute Gasteiger partial charge is 0.205 e. The van der Waals surface area contributed by atoms with Gasteiger partial charge in [-0.05, 0) is 13.0 Å². The molecule has 2 heterocycles. The molecule has 0 spiro atoms. The van der Waals surface area contributed by atoms with E-state index in [0.717, 1.165) is 22.2 Å². The topological polar surface area (TPSA) is 74.5 Å². The first-order valence-electron chi connectivity index (χ1n) is 4.76. The van der Waals surface area contributed by atoms with Gasteiger partial charge in [-0.2, -0.15) is 5.26 Å². The Kier molecular flexibility index (Phi) is 3.08. The third kappa shape index (κ3) is 2.15. The van der Waals surface area contributed by atoms with Crippen molar-refractivity contribution < 1.29 is 0 Å². The molecule has 0 aliphatic rings. The van der Waals surface area contributed by atoms with Crippen LogP contribution in [0.15, 0.2) is 18.5 Å². The molecule has 0 bridgehead atoms. The van der Waals surface area contributed by atoms with E-state index in [1.54, 1.807) is 12.3 Å². The van der Waals surface area contributed by atoms with Crippen LogP contribution in [0.1, 0.15) is 12.5 Å². The Morgan fingerprint density at radius 1 is 1.44 bits per heavy atom. The summed E-state index contributed by atoms with van der Waals surface area (Å²) in [5.41, 5.74) is 1.35. The van der Waals surface area contributed by atoms with Crippen LogP contribution in [0.3, 0.4) is 0 Å². The summed E-state index contributed by atoms with van der Waals surface area (Å²) in [4.78, 5) is 3.98. The molecule has 1 N–H and O–H groups in total. The standard InChI is InChI=1S/C10H9N5S/c1-2-13-10-15-14-9(16-10)8-3-7(4-11)5-12-6-8/h3,5-6H,2H2,1H3,(H,13,15). The van der Waals surface area contributed by atoms with E-state index in [1.807, 2.05) is 13.0 Å². The highest BCUT2D eigenvalue weighted by Gasteiger charge is 2.06. The average Bonchev–Trinajstić information content (AvgIpc) is 2.78. The molecule has 0 saturated heterocycles. The minimum absolute atomic E-state index is 0.526. The molecule has 0 fully saturated rings. The molecular formula is C10H9N5S. The van der Waals surface area contributed by atoms with Crippen molar-refractivity contribution in [2.45, 2.75) is 6.92 Å². The molecule has 6 heteroatoms. The fourth-order valence-electron chi connectivity index (χ4n) is 1.18. The van der Waals surface area contributed by atoms with Crippen LogP contribution in [0.5, 0.6) is 0 Å². The van der Waals surface area contributed by atoms with Crippen LogP contribution >= 0.6 is 11.3 Å². The van der Waals surface area contributed by atoms with Crippen molar-refractivity contribution in [3.8, 4) is 16.6 Å². The summed E-state index contributed by atoms with van der Waals surface area (Å²) in [5.74, 6) is 0. The van der Waals surface area contributed by atoms with Crippen LogP contribution in [0.4, 0.5) is 5.13 Å². The zero-order valence-electron chi connectivity index (χ0n) is 8.64. The van der Waals surface area contributed by atoms with Gasteiger partial charge in [0.1, 0.15) is 6.07 Å². The van der Waals surface area contributed by atoms with E-state index in [2.05, 4.69) is 20.5 Å². The van der Waals surface area contributed by atoms with E-state index in [9.17, 15) is 0 Å². The van der Waals surface area contributed by atoms with Crippen LogP contribution in [-0.2, 0) is 0 Å². The lowest BCUT2D eigenvalue weighted by Gasteiger charge is -1.94. The van der Waals surface area contributed by atoms with Gasteiger partial charge >= 0.3 is 0 Å². The Labute approximate surface area is 96.8 Å². The fourth-order valence-corrected chi connectivity index (χ4v) is 1.97. The maximum Gasteiger partial charge on any atom is 0.205 e. The number of aromatic nitrogens is 3. The molecule has 0 amide bonds. The van der Waals surface area contributed by atoms with E-state index in [4.69, 9.17) is 5.26 Å². The first kappa shape index (κ1) is 10.5. The van der Waals surface area contributed by atoms with Gasteiger partial charge in [-0.25, -0.2) is 0 Å². The number of anilines is 1. The number of hydrogen-bond acceptors (Lipinski definition) is 6. The van der Waals surface area contributed by atoms with Gasteiger partial charge in [0.15, 0.2) is 5.01 Å². The van der Waals surface area contributed by atoms with E-state index >= 15 is 0 Å². The van der Waals surface area contributed by atoms with Gasteiger partial charge in [0, 0.05) is 24.5 Å². The minimum Gasteiger partial charge on any atom is -0.360 e. The molecule has 0 radical (unpaired) electrons. The van der Waals surface area contributed by atoms with Crippen molar-refractivity contribution in [2.75, 3.05) is 11.9 Å². The van der Waals surface area contributed by atoms with E-state index < -0.39 is 0 Å². The van der Waals surface area contributed by atoms with Crippen LogP contribution in [0.25, 0.3) is 10.6 Å². The quantitative estimate of drug-likeness (QED) is 0.873. The van der Waals surface area contributed by atoms with Gasteiger partial charge in [-0.15, -0.1) is 10.2 Å². The van der Waals surface area contributed by atoms with Gasteiger partial charge in [0.2, 0.25) is 5.13 Å². The minimum atomic E-state index is 0.526. The Morgan fingerprint density at radius 3 is 3.06 bits per heavy atom. The van der Waals surface area contributed by atoms with E-state index in [0.29, 0.717) is 5.56 Å².